The zero-order chi connectivity index (χ0) is 31.8. The molecule has 5 aliphatic heterocycles. The van der Waals surface area contributed by atoms with Crippen molar-refractivity contribution in [3.63, 3.8) is 0 Å². The van der Waals surface area contributed by atoms with Crippen LogP contribution in [0.5, 0.6) is 11.8 Å². The van der Waals surface area contributed by atoms with Gasteiger partial charge in [0.05, 0.1) is 16.5 Å². The molecule has 9 nitrogen and oxygen atoms in total. The second-order valence-corrected chi connectivity index (χ2v) is 13.6. The van der Waals surface area contributed by atoms with Crippen molar-refractivity contribution in [3.8, 4) is 23.0 Å². The third-order valence-corrected chi connectivity index (χ3v) is 10.3. The van der Waals surface area contributed by atoms with E-state index in [2.05, 4.69) is 20.2 Å². The maximum atomic E-state index is 16.8. The number of carbonyl (C=O) groups is 1. The van der Waals surface area contributed by atoms with Crippen molar-refractivity contribution in [2.75, 3.05) is 37.7 Å². The summed E-state index contributed by atoms with van der Waals surface area (Å²) in [4.78, 5) is 31.0. The van der Waals surface area contributed by atoms with E-state index in [9.17, 15) is 14.3 Å². The van der Waals surface area contributed by atoms with E-state index in [0.29, 0.717) is 66.4 Å². The van der Waals surface area contributed by atoms with Crippen LogP contribution >= 0.6 is 0 Å². The lowest BCUT2D eigenvalue weighted by atomic mass is 9.93. The van der Waals surface area contributed by atoms with Crippen LogP contribution in [0.4, 0.5) is 19.0 Å². The van der Waals surface area contributed by atoms with Crippen LogP contribution in [0.15, 0.2) is 30.5 Å². The topological polar surface area (TPSA) is 104 Å². The number of amides is 1. The third kappa shape index (κ3) is 4.80. The van der Waals surface area contributed by atoms with Gasteiger partial charge in [0.25, 0.3) is 0 Å². The van der Waals surface area contributed by atoms with Crippen molar-refractivity contribution in [2.45, 2.75) is 69.1 Å². The quantitative estimate of drug-likeness (QED) is 0.318. The number of aromatic hydroxyl groups is 1. The van der Waals surface area contributed by atoms with Gasteiger partial charge in [-0.3, -0.25) is 14.7 Å². The van der Waals surface area contributed by atoms with Crippen LogP contribution in [-0.2, 0) is 11.2 Å². The highest BCUT2D eigenvalue weighted by molar-refractivity contribution is 6.02. The summed E-state index contributed by atoms with van der Waals surface area (Å²) in [6.07, 6.45) is 4.10. The van der Waals surface area contributed by atoms with Gasteiger partial charge in [-0.25, -0.2) is 13.2 Å². The van der Waals surface area contributed by atoms with Gasteiger partial charge in [-0.15, -0.1) is 0 Å². The first-order valence-corrected chi connectivity index (χ1v) is 16.0. The lowest BCUT2D eigenvalue weighted by molar-refractivity contribution is -0.122. The van der Waals surface area contributed by atoms with E-state index in [1.165, 1.54) is 30.5 Å². The van der Waals surface area contributed by atoms with Crippen LogP contribution in [-0.4, -0.2) is 80.9 Å². The Kier molecular flexibility index (Phi) is 6.79. The normalized spacial score (nSPS) is 26.4. The average molecular weight is 633 g/mol. The van der Waals surface area contributed by atoms with Gasteiger partial charge in [0.15, 0.2) is 5.82 Å². The summed E-state index contributed by atoms with van der Waals surface area (Å²) < 4.78 is 53.0. The zero-order valence-electron chi connectivity index (χ0n) is 25.6. The van der Waals surface area contributed by atoms with Crippen LogP contribution in [0.2, 0.25) is 0 Å². The first-order valence-electron chi connectivity index (χ1n) is 16.0. The van der Waals surface area contributed by atoms with E-state index in [4.69, 9.17) is 9.72 Å². The number of hydrogen-bond acceptors (Lipinski definition) is 8. The largest absolute Gasteiger partial charge is 0.508 e. The molecule has 3 saturated heterocycles. The molecule has 0 radical (unpaired) electrons. The number of nitrogens with zero attached hydrogens (tertiary/aromatic N) is 5. The predicted octanol–water partition coefficient (Wildman–Crippen LogP) is 5.21. The molecule has 0 saturated carbocycles. The van der Waals surface area contributed by atoms with E-state index in [1.807, 2.05) is 11.8 Å². The number of pyridine rings is 1. The van der Waals surface area contributed by atoms with Crippen LogP contribution < -0.4 is 15.0 Å². The highest BCUT2D eigenvalue weighted by Crippen LogP contribution is 2.42. The van der Waals surface area contributed by atoms with Gasteiger partial charge in [0.2, 0.25) is 5.91 Å². The minimum atomic E-state index is -0.931. The van der Waals surface area contributed by atoms with Crippen molar-refractivity contribution in [1.29, 1.82) is 0 Å². The van der Waals surface area contributed by atoms with Gasteiger partial charge in [0, 0.05) is 44.2 Å². The Morgan fingerprint density at radius 1 is 1.13 bits per heavy atom. The van der Waals surface area contributed by atoms with Crippen molar-refractivity contribution < 1.29 is 27.8 Å². The number of hydrogen-bond donors (Lipinski definition) is 2. The second kappa shape index (κ2) is 10.7. The lowest BCUT2D eigenvalue weighted by Crippen LogP contribution is -2.48. The molecule has 2 aromatic carbocycles. The molecule has 2 aromatic heterocycles. The SMILES string of the molecule is C[C@@]12CCN(C1)c1nc(OC[C@@]34CCCN3C[C@H](F)C4)nc3c(F)c(ncc13)-c1cc(O)cc3ccc(F)c(c13)CCCC(=O)N2. The highest BCUT2D eigenvalue weighted by Gasteiger charge is 2.49. The van der Waals surface area contributed by atoms with Crippen molar-refractivity contribution in [2.24, 2.45) is 0 Å². The zero-order valence-corrected chi connectivity index (χ0v) is 25.6. The van der Waals surface area contributed by atoms with E-state index in [-0.39, 0.29) is 53.9 Å². The van der Waals surface area contributed by atoms with E-state index in [0.717, 1.165) is 19.4 Å². The predicted molar refractivity (Wildman–Crippen MR) is 167 cm³/mol. The van der Waals surface area contributed by atoms with E-state index in [1.54, 1.807) is 0 Å². The number of fused-ring (bicyclic) bond motifs is 6. The summed E-state index contributed by atoms with van der Waals surface area (Å²) in [6.45, 7) is 4.27. The molecule has 0 spiro atoms. The molecule has 46 heavy (non-hydrogen) atoms. The number of aromatic nitrogens is 3. The van der Waals surface area contributed by atoms with Crippen LogP contribution in [0.1, 0.15) is 51.0 Å². The first-order chi connectivity index (χ1) is 22.1. The number of phenols is 1. The number of benzene rings is 2. The maximum absolute atomic E-state index is 16.8. The summed E-state index contributed by atoms with van der Waals surface area (Å²) in [7, 11) is 0. The molecule has 4 aromatic rings. The van der Waals surface area contributed by atoms with Crippen LogP contribution in [0.25, 0.3) is 32.9 Å². The molecule has 2 N–H and O–H groups in total. The Morgan fingerprint density at radius 3 is 2.87 bits per heavy atom. The molecular formula is C34H35F3N6O3. The standard InChI is InChI=1S/C34H35F3N6O3/c1-33-9-11-42(17-33)31-24-15-38-29(23-13-21(44)12-19-6-7-25(36)22(27(19)23)4-2-5-26(45)41-33)28(37)30(24)39-32(40-31)46-18-34-8-3-10-43(34)16-20(35)14-34/h6-7,12-13,15,20,44H,2-5,8-11,14,16-18H2,1H3,(H,41,45)/t20-,33-,34+/m1/s1. The molecule has 3 fully saturated rings. The van der Waals surface area contributed by atoms with Crippen LogP contribution in [0, 0.1) is 11.6 Å². The van der Waals surface area contributed by atoms with Gasteiger partial charge in [-0.1, -0.05) is 6.07 Å². The van der Waals surface area contributed by atoms with Gasteiger partial charge in [0.1, 0.15) is 41.4 Å². The number of rotatable bonds is 3. The van der Waals surface area contributed by atoms with Crippen molar-refractivity contribution in [1.82, 2.24) is 25.2 Å². The molecule has 0 aliphatic carbocycles. The maximum Gasteiger partial charge on any atom is 0.319 e. The monoisotopic (exact) mass is 632 g/mol. The number of phenolic OH excluding ortho intramolecular Hbond substituents is 1. The Morgan fingerprint density at radius 2 is 2.00 bits per heavy atom. The first kappa shape index (κ1) is 29.2. The Bertz CT molecular complexity index is 1910. The minimum absolute atomic E-state index is 0.0280. The molecular weight excluding hydrogens is 597 g/mol. The fourth-order valence-electron chi connectivity index (χ4n) is 8.16. The van der Waals surface area contributed by atoms with Gasteiger partial charge in [-0.2, -0.15) is 9.97 Å². The third-order valence-electron chi connectivity index (χ3n) is 10.3. The summed E-state index contributed by atoms with van der Waals surface area (Å²) in [5, 5.41) is 15.1. The van der Waals surface area contributed by atoms with Gasteiger partial charge >= 0.3 is 6.01 Å². The number of ether oxygens (including phenoxy) is 1. The summed E-state index contributed by atoms with van der Waals surface area (Å²) in [5.74, 6) is -1.07. The van der Waals surface area contributed by atoms with Gasteiger partial charge in [-0.05, 0) is 80.1 Å². The number of halogens is 3. The van der Waals surface area contributed by atoms with Crippen LogP contribution in [0.3, 0.4) is 0 Å². The fourth-order valence-corrected chi connectivity index (χ4v) is 8.16. The number of alkyl halides is 1. The second-order valence-electron chi connectivity index (χ2n) is 13.6. The highest BCUT2D eigenvalue weighted by atomic mass is 19.1. The molecule has 7 heterocycles. The van der Waals surface area contributed by atoms with E-state index >= 15 is 8.78 Å². The van der Waals surface area contributed by atoms with Crippen molar-refractivity contribution >= 4 is 33.4 Å². The molecule has 12 heteroatoms. The number of carbonyl (C=O) groups excluding carboxylic acids is 1. The minimum Gasteiger partial charge on any atom is -0.508 e. The molecule has 240 valence electrons. The van der Waals surface area contributed by atoms with E-state index < -0.39 is 28.9 Å². The number of anilines is 1. The summed E-state index contributed by atoms with van der Waals surface area (Å²) in [6, 6.07) is 5.71. The summed E-state index contributed by atoms with van der Waals surface area (Å²) in [5.41, 5.74) is -0.606. The molecule has 1 amide bonds. The van der Waals surface area contributed by atoms with Gasteiger partial charge < -0.3 is 20.1 Å². The molecule has 3 atom stereocenters. The molecule has 0 unspecified atom stereocenters. The Balaban J connectivity index is 1.32. The summed E-state index contributed by atoms with van der Waals surface area (Å²) >= 11 is 0. The molecule has 9 rings (SSSR count). The lowest BCUT2D eigenvalue weighted by Gasteiger charge is -2.31. The Labute approximate surface area is 263 Å². The fraction of sp³-hybridized carbons (Fsp3) is 0.471. The average Bonchev–Trinajstić information content (AvgIpc) is 3.68. The Hall–Kier alpha value is -4.19. The van der Waals surface area contributed by atoms with Crippen molar-refractivity contribution in [3.05, 3.63) is 47.7 Å². The molecule has 5 aliphatic rings. The number of aryl methyl sites for hydroxylation is 1. The molecule has 6 bridgehead atoms. The number of nitrogens with one attached hydrogen (secondary N) is 1. The smallest absolute Gasteiger partial charge is 0.319 e.